The molecule has 0 fully saturated rings. The Kier molecular flexibility index (Phi) is 56.6. The van der Waals surface area contributed by atoms with E-state index in [4.69, 9.17) is 9.77 Å². The second kappa shape index (κ2) is 22.7. The van der Waals surface area contributed by atoms with Crippen molar-refractivity contribution in [1.29, 1.82) is 0 Å². The fraction of sp³-hybridized carbons (Fsp3) is 0.500. The third-order valence-corrected chi connectivity index (χ3v) is 0.175. The average molecular weight is 200 g/mol. The molecular weight excluding hydrogens is 189 g/mol. The van der Waals surface area contributed by atoms with Gasteiger partial charge in [0, 0.05) is 0 Å². The molecule has 0 aliphatic rings. The molecule has 0 saturated heterocycles. The zero-order valence-electron chi connectivity index (χ0n) is 3.47. The van der Waals surface area contributed by atoms with Crippen molar-refractivity contribution in [2.45, 2.75) is 0 Å². The van der Waals surface area contributed by atoms with E-state index in [0.717, 1.165) is 0 Å². The van der Waals surface area contributed by atoms with Crippen LogP contribution in [0.15, 0.2) is 0 Å². The van der Waals surface area contributed by atoms with Crippen LogP contribution >= 0.6 is 11.9 Å². The molecule has 0 radical (unpaired) electrons. The Labute approximate surface area is 98.7 Å². The Bertz CT molecular complexity index is 57.1. The van der Waals surface area contributed by atoms with Crippen molar-refractivity contribution in [2.24, 2.45) is 5.73 Å². The van der Waals surface area contributed by atoms with Crippen LogP contribution < -0.4 is 5.73 Å². The summed E-state index contributed by atoms with van der Waals surface area (Å²) in [7, 11) is 0. The monoisotopic (exact) mass is 199 g/mol. The molecule has 4 N–H and O–H groups in total. The van der Waals surface area contributed by atoms with Gasteiger partial charge in [0.2, 0.25) is 0 Å². The van der Waals surface area contributed by atoms with Crippen LogP contribution in [-0.2, 0) is 4.79 Å². The van der Waals surface area contributed by atoms with Gasteiger partial charge in [-0.25, -0.2) is 0 Å². The van der Waals surface area contributed by atoms with Gasteiger partial charge >= 0.3 is 43.7 Å². The van der Waals surface area contributed by atoms with E-state index < -0.39 is 5.97 Å². The number of aliphatic carboxylic acids is 1. The number of halogens is 1. The summed E-state index contributed by atoms with van der Waals surface area (Å²) in [5, 5.41) is 7.60. The molecule has 0 atom stereocenters. The third-order valence-electron chi connectivity index (χ3n) is 0.175. The van der Waals surface area contributed by atoms with Crippen LogP contribution in [0.25, 0.3) is 0 Å². The molecule has 7 heteroatoms. The number of hydrogen-bond donors (Lipinski definition) is 3. The van der Waals surface area contributed by atoms with Gasteiger partial charge in [-0.3, -0.25) is 9.45 Å². The molecular formula is C2H11AlCaClNO3. The summed E-state index contributed by atoms with van der Waals surface area (Å²) in [6.07, 6.45) is 0. The molecule has 0 aromatic carbocycles. The summed E-state index contributed by atoms with van der Waals surface area (Å²) in [6.45, 7) is -0.278. The number of rotatable bonds is 1. The summed E-state index contributed by atoms with van der Waals surface area (Å²) in [5.41, 5.74) is 4.57. The van der Waals surface area contributed by atoms with E-state index in [1.807, 2.05) is 0 Å². The molecule has 9 heavy (non-hydrogen) atoms. The molecule has 0 heterocycles. The zero-order chi connectivity index (χ0) is 6.28. The first-order valence-electron chi connectivity index (χ1n) is 1.36. The first kappa shape index (κ1) is 22.4. The summed E-state index contributed by atoms with van der Waals surface area (Å²) in [6, 6.07) is 0. The molecule has 0 saturated carbocycles. The normalized spacial score (nSPS) is 4.78. The summed E-state index contributed by atoms with van der Waals surface area (Å²) in [5.74, 6) is -0.968. The molecule has 0 spiro atoms. The van der Waals surface area contributed by atoms with Gasteiger partial charge in [0.15, 0.2) is 17.4 Å². The predicted octanol–water partition coefficient (Wildman–Crippen LogP) is -2.94. The van der Waals surface area contributed by atoms with E-state index in [9.17, 15) is 4.79 Å². The maximum atomic E-state index is 9.24. The summed E-state index contributed by atoms with van der Waals surface area (Å²) in [4.78, 5) is 9.24. The molecule has 0 aromatic heterocycles. The van der Waals surface area contributed by atoms with E-state index in [0.29, 0.717) is 0 Å². The molecule has 0 aliphatic heterocycles. The van der Waals surface area contributed by atoms with Gasteiger partial charge in [-0.2, -0.15) is 0 Å². The Balaban J connectivity index is -0.0000000286. The minimum absolute atomic E-state index is 0. The number of carbonyl (C=O) groups is 1. The fourth-order valence-corrected chi connectivity index (χ4v) is 0. The van der Waals surface area contributed by atoms with Crippen LogP contribution in [0, 0.1) is 0 Å². The van der Waals surface area contributed by atoms with Gasteiger partial charge in [-0.1, -0.05) is 0 Å². The van der Waals surface area contributed by atoms with E-state index in [2.05, 4.69) is 17.6 Å². The molecule has 0 aromatic rings. The fourth-order valence-electron chi connectivity index (χ4n) is 0. The van der Waals surface area contributed by atoms with E-state index in [1.54, 1.807) is 0 Å². The molecule has 0 bridgehead atoms. The standard InChI is InChI=1S/C2H5NO2.Al.Ca.ClHO.5H/c3-1-2(4)5;;;1-2;;;;;/h1,3H2,(H,4,5);;;2H;;;;;. The Morgan fingerprint density at radius 2 is 1.67 bits per heavy atom. The van der Waals surface area contributed by atoms with Crippen LogP contribution in [0.1, 0.15) is 0 Å². The zero-order valence-corrected chi connectivity index (χ0v) is 4.22. The molecule has 0 rings (SSSR count). The molecule has 54 valence electrons. The number of hydrogen-bond acceptors (Lipinski definition) is 3. The topological polar surface area (TPSA) is 83.6 Å². The summed E-state index contributed by atoms with van der Waals surface area (Å²) >= 11 is 3.64. The molecule has 0 amide bonds. The number of carboxylic acid groups (broad SMARTS) is 1. The number of nitrogens with two attached hydrogens (primary N) is 1. The quantitative estimate of drug-likeness (QED) is 0.395. The van der Waals surface area contributed by atoms with Crippen molar-refractivity contribution in [3.05, 3.63) is 0 Å². The van der Waals surface area contributed by atoms with Crippen molar-refractivity contribution >= 4 is 72.9 Å². The Hall–Kier alpha value is 1.47. The van der Waals surface area contributed by atoms with Crippen LogP contribution in [0.3, 0.4) is 0 Å². The van der Waals surface area contributed by atoms with Crippen molar-refractivity contribution in [1.82, 2.24) is 0 Å². The first-order valence-corrected chi connectivity index (χ1v) is 1.70. The van der Waals surface area contributed by atoms with Gasteiger partial charge in [0.1, 0.15) is 0 Å². The summed E-state index contributed by atoms with van der Waals surface area (Å²) < 4.78 is 6.47. The van der Waals surface area contributed by atoms with E-state index in [-0.39, 0.29) is 61.6 Å². The number of carboxylic acids is 1. The molecule has 0 unspecified atom stereocenters. The van der Waals surface area contributed by atoms with Crippen molar-refractivity contribution in [3.63, 3.8) is 0 Å². The predicted molar refractivity (Wildman–Crippen MR) is 43.2 cm³/mol. The SMILES string of the molecule is NCC(=O)O.OCl.[AlH3].[CaH2]. The Morgan fingerprint density at radius 3 is 1.67 bits per heavy atom. The van der Waals surface area contributed by atoms with E-state index in [1.165, 1.54) is 0 Å². The van der Waals surface area contributed by atoms with Gasteiger partial charge in [0.25, 0.3) is 0 Å². The van der Waals surface area contributed by atoms with Crippen LogP contribution in [-0.4, -0.2) is 77.4 Å². The van der Waals surface area contributed by atoms with Crippen LogP contribution in [0.2, 0.25) is 0 Å². The van der Waals surface area contributed by atoms with Crippen molar-refractivity contribution < 1.29 is 14.6 Å². The van der Waals surface area contributed by atoms with Gasteiger partial charge in [0.05, 0.1) is 18.4 Å². The molecule has 0 aliphatic carbocycles. The second-order valence-corrected chi connectivity index (χ2v) is 0.598. The molecule has 4 nitrogen and oxygen atoms in total. The van der Waals surface area contributed by atoms with Crippen LogP contribution in [0.4, 0.5) is 0 Å². The van der Waals surface area contributed by atoms with Crippen molar-refractivity contribution in [2.75, 3.05) is 6.54 Å². The average Bonchev–Trinajstić information content (AvgIpc) is 1.73. The maximum absolute atomic E-state index is 9.24. The van der Waals surface area contributed by atoms with Crippen LogP contribution in [0.5, 0.6) is 0 Å². The van der Waals surface area contributed by atoms with Crippen molar-refractivity contribution in [3.8, 4) is 0 Å². The Morgan fingerprint density at radius 1 is 1.56 bits per heavy atom. The minimum atomic E-state index is -0.968. The van der Waals surface area contributed by atoms with E-state index >= 15 is 0 Å². The van der Waals surface area contributed by atoms with Gasteiger partial charge in [-0.15, -0.1) is 0 Å². The van der Waals surface area contributed by atoms with Gasteiger partial charge < -0.3 is 10.8 Å². The third kappa shape index (κ3) is 43.9. The van der Waals surface area contributed by atoms with Gasteiger partial charge in [-0.05, 0) is 0 Å². The first-order chi connectivity index (χ1) is 3.27. The second-order valence-electron chi connectivity index (χ2n) is 0.598.